The average Bonchev–Trinajstić information content (AvgIpc) is 2.62. The minimum absolute atomic E-state index is 0.172. The van der Waals surface area contributed by atoms with E-state index in [1.807, 2.05) is 30.3 Å². The molecule has 0 bridgehead atoms. The van der Waals surface area contributed by atoms with Gasteiger partial charge in [0.05, 0.1) is 12.7 Å². The zero-order chi connectivity index (χ0) is 16.2. The van der Waals surface area contributed by atoms with Crippen molar-refractivity contribution in [1.82, 2.24) is 0 Å². The molecular formula is C20H20O3. The highest BCUT2D eigenvalue weighted by molar-refractivity contribution is 5.89. The summed E-state index contributed by atoms with van der Waals surface area (Å²) in [6.07, 6.45) is 2.10. The minimum atomic E-state index is -0.337. The summed E-state index contributed by atoms with van der Waals surface area (Å²) in [7, 11) is 1.38. The van der Waals surface area contributed by atoms with Gasteiger partial charge < -0.3 is 4.74 Å². The third kappa shape index (κ3) is 3.34. The van der Waals surface area contributed by atoms with E-state index in [0.717, 1.165) is 12.0 Å². The average molecular weight is 308 g/mol. The standard InChI is InChI=1S/C20H20O3/c1-23-20(22)16-9-7-15(8-10-16)19-13-17(21)11-12-18(19)14-5-3-2-4-6-14/h2-10,18-19H,11-13H2,1H3/t18-,19-/m1/s1. The van der Waals surface area contributed by atoms with E-state index in [0.29, 0.717) is 30.1 Å². The molecule has 2 aromatic carbocycles. The van der Waals surface area contributed by atoms with Crippen molar-refractivity contribution in [3.8, 4) is 0 Å². The number of benzene rings is 2. The lowest BCUT2D eigenvalue weighted by Crippen LogP contribution is -2.22. The van der Waals surface area contributed by atoms with Gasteiger partial charge in [0.25, 0.3) is 0 Å². The van der Waals surface area contributed by atoms with Crippen LogP contribution in [-0.2, 0) is 9.53 Å². The third-order valence-corrected chi connectivity index (χ3v) is 4.66. The Labute approximate surface area is 136 Å². The smallest absolute Gasteiger partial charge is 0.337 e. The monoisotopic (exact) mass is 308 g/mol. The molecule has 1 saturated carbocycles. The summed E-state index contributed by atoms with van der Waals surface area (Å²) in [5, 5.41) is 0. The fourth-order valence-electron chi connectivity index (χ4n) is 3.44. The second-order valence-electron chi connectivity index (χ2n) is 6.02. The molecule has 0 unspecified atom stereocenters. The molecule has 0 aliphatic heterocycles. The van der Waals surface area contributed by atoms with Gasteiger partial charge in [0.1, 0.15) is 5.78 Å². The minimum Gasteiger partial charge on any atom is -0.465 e. The Morgan fingerprint density at radius 1 is 0.957 bits per heavy atom. The van der Waals surface area contributed by atoms with Gasteiger partial charge in [0, 0.05) is 12.8 Å². The van der Waals surface area contributed by atoms with Crippen LogP contribution in [0.5, 0.6) is 0 Å². The van der Waals surface area contributed by atoms with E-state index in [-0.39, 0.29) is 11.9 Å². The van der Waals surface area contributed by atoms with E-state index < -0.39 is 0 Å². The fraction of sp³-hybridized carbons (Fsp3) is 0.300. The van der Waals surface area contributed by atoms with Gasteiger partial charge in [-0.2, -0.15) is 0 Å². The number of hydrogen-bond donors (Lipinski definition) is 0. The van der Waals surface area contributed by atoms with Crippen molar-refractivity contribution in [2.45, 2.75) is 31.1 Å². The molecule has 0 spiro atoms. The second-order valence-corrected chi connectivity index (χ2v) is 6.02. The van der Waals surface area contributed by atoms with Crippen LogP contribution in [0.1, 0.15) is 52.6 Å². The second kappa shape index (κ2) is 6.78. The van der Waals surface area contributed by atoms with Crippen molar-refractivity contribution in [3.05, 3.63) is 71.3 Å². The lowest BCUT2D eigenvalue weighted by atomic mass is 9.72. The molecule has 0 aromatic heterocycles. The quantitative estimate of drug-likeness (QED) is 0.802. The van der Waals surface area contributed by atoms with Gasteiger partial charge >= 0.3 is 5.97 Å². The number of ether oxygens (including phenoxy) is 1. The van der Waals surface area contributed by atoms with Crippen LogP contribution in [0, 0.1) is 0 Å². The van der Waals surface area contributed by atoms with Gasteiger partial charge in [-0.1, -0.05) is 42.5 Å². The van der Waals surface area contributed by atoms with Crippen LogP contribution >= 0.6 is 0 Å². The van der Waals surface area contributed by atoms with E-state index in [2.05, 4.69) is 12.1 Å². The molecule has 118 valence electrons. The SMILES string of the molecule is COC(=O)c1ccc([C@H]2CC(=O)CC[C@@H]2c2ccccc2)cc1. The molecule has 0 saturated heterocycles. The highest BCUT2D eigenvalue weighted by Crippen LogP contribution is 2.42. The van der Waals surface area contributed by atoms with Crippen LogP contribution in [0.25, 0.3) is 0 Å². The van der Waals surface area contributed by atoms with Crippen molar-refractivity contribution in [2.75, 3.05) is 7.11 Å². The summed E-state index contributed by atoms with van der Waals surface area (Å²) in [5.41, 5.74) is 2.93. The first-order valence-electron chi connectivity index (χ1n) is 7.94. The summed E-state index contributed by atoms with van der Waals surface area (Å²) in [6.45, 7) is 0. The maximum Gasteiger partial charge on any atom is 0.337 e. The summed E-state index contributed by atoms with van der Waals surface area (Å²) < 4.78 is 4.74. The third-order valence-electron chi connectivity index (χ3n) is 4.66. The molecule has 1 aliphatic rings. The summed E-state index contributed by atoms with van der Waals surface area (Å²) in [4.78, 5) is 23.5. The van der Waals surface area contributed by atoms with Gasteiger partial charge in [0.2, 0.25) is 0 Å². The van der Waals surface area contributed by atoms with E-state index in [1.54, 1.807) is 12.1 Å². The number of Topliss-reactive ketones (excluding diaryl/α,β-unsaturated/α-hetero) is 1. The maximum atomic E-state index is 12.0. The molecule has 0 N–H and O–H groups in total. The van der Waals surface area contributed by atoms with Gasteiger partial charge in [-0.05, 0) is 41.5 Å². The first-order chi connectivity index (χ1) is 11.2. The highest BCUT2D eigenvalue weighted by Gasteiger charge is 2.31. The predicted octanol–water partition coefficient (Wildman–Crippen LogP) is 4.09. The summed E-state index contributed by atoms with van der Waals surface area (Å²) >= 11 is 0. The number of ketones is 1. The van der Waals surface area contributed by atoms with E-state index >= 15 is 0 Å². The van der Waals surface area contributed by atoms with Crippen molar-refractivity contribution < 1.29 is 14.3 Å². The molecule has 0 amide bonds. The zero-order valence-electron chi connectivity index (χ0n) is 13.2. The largest absolute Gasteiger partial charge is 0.465 e. The molecular weight excluding hydrogens is 288 g/mol. The van der Waals surface area contributed by atoms with Crippen LogP contribution in [0.2, 0.25) is 0 Å². The van der Waals surface area contributed by atoms with E-state index in [4.69, 9.17) is 4.74 Å². The number of methoxy groups -OCH3 is 1. The molecule has 0 heterocycles. The summed E-state index contributed by atoms with van der Waals surface area (Å²) in [5.74, 6) is 0.498. The van der Waals surface area contributed by atoms with E-state index in [9.17, 15) is 9.59 Å². The number of carbonyl (C=O) groups is 2. The molecule has 1 aliphatic carbocycles. The lowest BCUT2D eigenvalue weighted by molar-refractivity contribution is -0.121. The first-order valence-corrected chi connectivity index (χ1v) is 7.94. The van der Waals surface area contributed by atoms with Crippen molar-refractivity contribution in [2.24, 2.45) is 0 Å². The maximum absolute atomic E-state index is 12.0. The van der Waals surface area contributed by atoms with Gasteiger partial charge in [0.15, 0.2) is 0 Å². The van der Waals surface area contributed by atoms with Gasteiger partial charge in [-0.15, -0.1) is 0 Å². The van der Waals surface area contributed by atoms with Crippen molar-refractivity contribution in [3.63, 3.8) is 0 Å². The Hall–Kier alpha value is -2.42. The Bertz CT molecular complexity index is 689. The fourth-order valence-corrected chi connectivity index (χ4v) is 3.44. The molecule has 3 heteroatoms. The Balaban J connectivity index is 1.90. The topological polar surface area (TPSA) is 43.4 Å². The van der Waals surface area contributed by atoms with Crippen LogP contribution < -0.4 is 0 Å². The Morgan fingerprint density at radius 2 is 1.61 bits per heavy atom. The summed E-state index contributed by atoms with van der Waals surface area (Å²) in [6, 6.07) is 17.8. The molecule has 23 heavy (non-hydrogen) atoms. The lowest BCUT2D eigenvalue weighted by Gasteiger charge is -2.31. The van der Waals surface area contributed by atoms with Gasteiger partial charge in [-0.3, -0.25) is 4.79 Å². The molecule has 1 fully saturated rings. The molecule has 2 aromatic rings. The normalized spacial score (nSPS) is 21.0. The molecule has 2 atom stereocenters. The number of rotatable bonds is 3. The number of esters is 1. The number of carbonyl (C=O) groups excluding carboxylic acids is 2. The Kier molecular flexibility index (Phi) is 4.56. The predicted molar refractivity (Wildman–Crippen MR) is 88.6 cm³/mol. The van der Waals surface area contributed by atoms with Crippen LogP contribution in [0.15, 0.2) is 54.6 Å². The zero-order valence-corrected chi connectivity index (χ0v) is 13.2. The van der Waals surface area contributed by atoms with Crippen LogP contribution in [0.3, 0.4) is 0 Å². The Morgan fingerprint density at radius 3 is 2.26 bits per heavy atom. The molecule has 3 nitrogen and oxygen atoms in total. The number of hydrogen-bond acceptors (Lipinski definition) is 3. The first kappa shape index (κ1) is 15.5. The van der Waals surface area contributed by atoms with Crippen LogP contribution in [0.4, 0.5) is 0 Å². The van der Waals surface area contributed by atoms with Gasteiger partial charge in [-0.25, -0.2) is 4.79 Å². The highest BCUT2D eigenvalue weighted by atomic mass is 16.5. The van der Waals surface area contributed by atoms with Crippen molar-refractivity contribution in [1.29, 1.82) is 0 Å². The van der Waals surface area contributed by atoms with E-state index in [1.165, 1.54) is 12.7 Å². The molecule has 3 rings (SSSR count). The van der Waals surface area contributed by atoms with Crippen molar-refractivity contribution >= 4 is 11.8 Å². The molecule has 0 radical (unpaired) electrons. The van der Waals surface area contributed by atoms with Crippen LogP contribution in [-0.4, -0.2) is 18.9 Å².